The molecule has 0 saturated heterocycles. The second-order valence-corrected chi connectivity index (χ2v) is 21.0. The fraction of sp³-hybridized carbons (Fsp3) is 0. The molecule has 1 aliphatic rings. The van der Waals surface area contributed by atoms with Crippen LogP contribution in [0.25, 0.3) is 94.4 Å². The fourth-order valence-corrected chi connectivity index (χ4v) is 15.3. The zero-order valence-corrected chi connectivity index (χ0v) is 38.9. The van der Waals surface area contributed by atoms with E-state index in [0.29, 0.717) is 17.7 Å². The normalized spacial score (nSPS) is 13.5. The molecule has 5 heterocycles. The molecular formula is C63H40N6OS. The van der Waals surface area contributed by atoms with Crippen LogP contribution in [-0.2, 0) is 0 Å². The van der Waals surface area contributed by atoms with E-state index >= 15 is 0 Å². The van der Waals surface area contributed by atoms with Gasteiger partial charge in [0.05, 0.1) is 33.1 Å². The quantitative estimate of drug-likeness (QED) is 0.167. The molecule has 4 aromatic heterocycles. The van der Waals surface area contributed by atoms with Crippen LogP contribution in [0.2, 0.25) is 0 Å². The number of para-hydroxylation sites is 7. The standard InChI is InChI=1S/C63H40N6OS/c1-2-21-43(22-3-1)71(59-35-16-14-33-57(59)70-58-34-15-17-36-60(58)71)44-37-38-50-49-27-4-9-28-51(49)67(56(50)40-44)42-20-18-19-41(39-42)61-64-62(68-52-29-10-5-23-45(52)46-24-6-11-30-53(46)68)66-63(65-61)69-54-31-12-7-25-47(54)48-26-8-13-32-55(48)69/h1-40H. The van der Waals surface area contributed by atoms with E-state index < -0.39 is 10.0 Å². The third-order valence-corrected chi connectivity index (χ3v) is 18.1. The third-order valence-electron chi connectivity index (χ3n) is 14.2. The van der Waals surface area contributed by atoms with Crippen molar-refractivity contribution in [2.24, 2.45) is 0 Å². The van der Waals surface area contributed by atoms with Crippen molar-refractivity contribution in [1.82, 2.24) is 28.7 Å². The second kappa shape index (κ2) is 15.4. The Kier molecular flexibility index (Phi) is 8.61. The highest BCUT2D eigenvalue weighted by Gasteiger charge is 2.41. The summed E-state index contributed by atoms with van der Waals surface area (Å²) in [6, 6.07) is 86.7. The summed E-state index contributed by atoms with van der Waals surface area (Å²) in [7, 11) is -2.04. The molecule has 8 heteroatoms. The maximum atomic E-state index is 6.70. The monoisotopic (exact) mass is 928 g/mol. The Labute approximate surface area is 409 Å². The zero-order chi connectivity index (χ0) is 46.6. The molecule has 0 bridgehead atoms. The van der Waals surface area contributed by atoms with Crippen LogP contribution < -0.4 is 4.74 Å². The third kappa shape index (κ3) is 5.77. The van der Waals surface area contributed by atoms with Crippen molar-refractivity contribution >= 4 is 75.4 Å². The van der Waals surface area contributed by atoms with Crippen molar-refractivity contribution in [3.05, 3.63) is 243 Å². The van der Waals surface area contributed by atoms with Gasteiger partial charge in [0.15, 0.2) is 5.82 Å². The number of benzene rings is 10. The lowest BCUT2D eigenvalue weighted by molar-refractivity contribution is 0.452. The van der Waals surface area contributed by atoms with Crippen molar-refractivity contribution in [3.8, 4) is 40.5 Å². The molecule has 334 valence electrons. The molecule has 1 aliphatic heterocycles. The first-order valence-electron chi connectivity index (χ1n) is 23.8. The predicted molar refractivity (Wildman–Crippen MR) is 288 cm³/mol. The number of fused-ring (bicyclic) bond motifs is 11. The first kappa shape index (κ1) is 39.7. The summed E-state index contributed by atoms with van der Waals surface area (Å²) in [6.45, 7) is 0. The van der Waals surface area contributed by atoms with E-state index in [1.807, 2.05) is 0 Å². The molecule has 0 unspecified atom stereocenters. The number of nitrogens with zero attached hydrogens (tertiary/aromatic N) is 6. The molecule has 0 aliphatic carbocycles. The minimum absolute atomic E-state index is 0.544. The topological polar surface area (TPSA) is 62.7 Å². The molecule has 0 fully saturated rings. The molecule has 7 nitrogen and oxygen atoms in total. The maximum Gasteiger partial charge on any atom is 0.240 e. The van der Waals surface area contributed by atoms with Crippen molar-refractivity contribution in [3.63, 3.8) is 0 Å². The highest BCUT2D eigenvalue weighted by molar-refractivity contribution is 8.34. The zero-order valence-electron chi connectivity index (χ0n) is 38.1. The summed E-state index contributed by atoms with van der Waals surface area (Å²) in [6.07, 6.45) is 0. The number of aromatic nitrogens is 6. The largest absolute Gasteiger partial charge is 0.455 e. The molecule has 14 aromatic rings. The smallest absolute Gasteiger partial charge is 0.240 e. The van der Waals surface area contributed by atoms with Crippen LogP contribution in [0.15, 0.2) is 262 Å². The van der Waals surface area contributed by atoms with E-state index in [0.717, 1.165) is 77.4 Å². The van der Waals surface area contributed by atoms with Crippen LogP contribution in [0.4, 0.5) is 0 Å². The molecule has 0 atom stereocenters. The summed E-state index contributed by atoms with van der Waals surface area (Å²) in [5, 5.41) is 6.91. The van der Waals surface area contributed by atoms with Crippen LogP contribution in [-0.4, -0.2) is 28.7 Å². The number of rotatable bonds is 6. The molecule has 15 rings (SSSR count). The highest BCUT2D eigenvalue weighted by atomic mass is 32.3. The molecule has 0 radical (unpaired) electrons. The number of ether oxygens (including phenoxy) is 1. The number of hydrogen-bond acceptors (Lipinski definition) is 4. The van der Waals surface area contributed by atoms with Gasteiger partial charge < -0.3 is 9.30 Å². The van der Waals surface area contributed by atoms with E-state index in [9.17, 15) is 0 Å². The van der Waals surface area contributed by atoms with Crippen molar-refractivity contribution in [1.29, 1.82) is 0 Å². The molecule has 10 aromatic carbocycles. The number of hydrogen-bond donors (Lipinski definition) is 0. The Morgan fingerprint density at radius 2 is 0.746 bits per heavy atom. The van der Waals surface area contributed by atoms with Gasteiger partial charge in [-0.3, -0.25) is 9.13 Å². The SMILES string of the molecule is c1ccc(S2(c3ccc4c5ccccc5n(-c5cccc(-c6nc(-n7c8ccccc8c8ccccc87)nc(-n7c8ccccc8c8ccccc87)n6)c5)c4c3)c3ccccc3Oc3ccccc32)cc1. The van der Waals surface area contributed by atoms with E-state index in [2.05, 4.69) is 256 Å². The first-order chi connectivity index (χ1) is 35.2. The van der Waals surface area contributed by atoms with Gasteiger partial charge in [-0.25, -0.2) is 0 Å². The average Bonchev–Trinajstić information content (AvgIpc) is 4.08. The van der Waals surface area contributed by atoms with Crippen LogP contribution in [0.1, 0.15) is 0 Å². The van der Waals surface area contributed by atoms with Crippen molar-refractivity contribution in [2.45, 2.75) is 19.6 Å². The maximum absolute atomic E-state index is 6.70. The summed E-state index contributed by atoms with van der Waals surface area (Å²) in [4.78, 5) is 21.1. The van der Waals surface area contributed by atoms with Gasteiger partial charge in [0.1, 0.15) is 11.5 Å². The fourth-order valence-electron chi connectivity index (χ4n) is 11.2. The molecule has 0 spiro atoms. The van der Waals surface area contributed by atoms with E-state index in [4.69, 9.17) is 19.7 Å². The van der Waals surface area contributed by atoms with Gasteiger partial charge >= 0.3 is 0 Å². The molecular weight excluding hydrogens is 889 g/mol. The molecule has 0 N–H and O–H groups in total. The molecule has 0 saturated carbocycles. The van der Waals surface area contributed by atoms with Gasteiger partial charge in [-0.05, 0) is 91.0 Å². The Hall–Kier alpha value is -9.24. The minimum atomic E-state index is -2.04. The van der Waals surface area contributed by atoms with Crippen LogP contribution >= 0.6 is 10.0 Å². The Balaban J connectivity index is 0.988. The van der Waals surface area contributed by atoms with Gasteiger partial charge in [0, 0.05) is 63.2 Å². The van der Waals surface area contributed by atoms with Crippen molar-refractivity contribution in [2.75, 3.05) is 0 Å². The Morgan fingerprint density at radius 1 is 0.310 bits per heavy atom. The second-order valence-electron chi connectivity index (χ2n) is 18.0. The van der Waals surface area contributed by atoms with E-state index in [-0.39, 0.29) is 0 Å². The summed E-state index contributed by atoms with van der Waals surface area (Å²) < 4.78 is 13.5. The van der Waals surface area contributed by atoms with Crippen molar-refractivity contribution < 1.29 is 4.74 Å². The van der Waals surface area contributed by atoms with E-state index in [1.54, 1.807) is 0 Å². The lowest BCUT2D eigenvalue weighted by Crippen LogP contribution is -2.11. The van der Waals surface area contributed by atoms with Crippen LogP contribution in [0.5, 0.6) is 11.5 Å². The van der Waals surface area contributed by atoms with E-state index in [1.165, 1.54) is 30.4 Å². The first-order valence-corrected chi connectivity index (χ1v) is 25.5. The summed E-state index contributed by atoms with van der Waals surface area (Å²) >= 11 is 0. The lowest BCUT2D eigenvalue weighted by atomic mass is 10.1. The summed E-state index contributed by atoms with van der Waals surface area (Å²) in [5.74, 6) is 3.43. The predicted octanol–water partition coefficient (Wildman–Crippen LogP) is 16.3. The summed E-state index contributed by atoms with van der Waals surface area (Å²) in [5.41, 5.74) is 8.20. The molecule has 0 amide bonds. The highest BCUT2D eigenvalue weighted by Crippen LogP contribution is 2.79. The van der Waals surface area contributed by atoms with Gasteiger partial charge in [-0.2, -0.15) is 15.0 Å². The van der Waals surface area contributed by atoms with Crippen LogP contribution in [0, 0.1) is 0 Å². The Bertz CT molecular complexity index is 4190. The average molecular weight is 929 g/mol. The van der Waals surface area contributed by atoms with Gasteiger partial charge in [-0.15, -0.1) is 10.0 Å². The Morgan fingerprint density at radius 3 is 1.27 bits per heavy atom. The minimum Gasteiger partial charge on any atom is -0.455 e. The van der Waals surface area contributed by atoms with Crippen LogP contribution in [0.3, 0.4) is 0 Å². The van der Waals surface area contributed by atoms with Gasteiger partial charge in [-0.1, -0.05) is 152 Å². The molecule has 71 heavy (non-hydrogen) atoms. The lowest BCUT2D eigenvalue weighted by Gasteiger charge is -2.45. The van der Waals surface area contributed by atoms with Gasteiger partial charge in [0.2, 0.25) is 11.9 Å². The van der Waals surface area contributed by atoms with Gasteiger partial charge in [0.25, 0.3) is 0 Å².